The zero-order valence-corrected chi connectivity index (χ0v) is 13.6. The number of carbonyl (C=O) groups is 1. The summed E-state index contributed by atoms with van der Waals surface area (Å²) >= 11 is 0. The van der Waals surface area contributed by atoms with Crippen LogP contribution in [0.1, 0.15) is 41.9 Å². The van der Waals surface area contributed by atoms with Crippen LogP contribution in [0.5, 0.6) is 5.75 Å². The van der Waals surface area contributed by atoms with E-state index in [1.165, 1.54) is 0 Å². The highest BCUT2D eigenvalue weighted by molar-refractivity contribution is 5.97. The average molecular weight is 318 g/mol. The van der Waals surface area contributed by atoms with Crippen LogP contribution in [-0.2, 0) is 4.74 Å². The summed E-state index contributed by atoms with van der Waals surface area (Å²) in [5, 5.41) is 9.69. The second kappa shape index (κ2) is 8.28. The molecule has 1 atom stereocenters. The van der Waals surface area contributed by atoms with Crippen LogP contribution in [0.4, 0.5) is 0 Å². The van der Waals surface area contributed by atoms with Crippen molar-refractivity contribution in [2.45, 2.75) is 26.8 Å². The lowest BCUT2D eigenvalue weighted by Crippen LogP contribution is -2.28. The topological polar surface area (TPSA) is 89.1 Å². The maximum atomic E-state index is 12.5. The minimum Gasteiger partial charge on any atom is -0.490 e. The maximum Gasteiger partial charge on any atom is 0.255 e. The fraction of sp³-hybridized carbons (Fsp3) is 0.438. The summed E-state index contributed by atoms with van der Waals surface area (Å²) in [7, 11) is 0. The molecule has 0 radical (unpaired) electrons. The third-order valence-electron chi connectivity index (χ3n) is 3.17. The minimum atomic E-state index is -0.302. The first-order chi connectivity index (χ1) is 11.1. The minimum absolute atomic E-state index is 0.230. The lowest BCUT2D eigenvalue weighted by Gasteiger charge is -2.14. The zero-order valence-electron chi connectivity index (χ0n) is 13.6. The first kappa shape index (κ1) is 17.0. The molecule has 124 valence electrons. The number of hydrogen-bond acceptors (Lipinski definition) is 5. The molecule has 1 heterocycles. The summed E-state index contributed by atoms with van der Waals surface area (Å²) < 4.78 is 10.9. The van der Waals surface area contributed by atoms with Gasteiger partial charge in [-0.15, -0.1) is 0 Å². The molecule has 23 heavy (non-hydrogen) atoms. The Bertz CT molecular complexity index is 642. The van der Waals surface area contributed by atoms with Gasteiger partial charge in [0.05, 0.1) is 18.2 Å². The molecular weight excluding hydrogens is 296 g/mol. The van der Waals surface area contributed by atoms with E-state index in [-0.39, 0.29) is 11.9 Å². The van der Waals surface area contributed by atoms with E-state index in [1.54, 1.807) is 18.2 Å². The molecule has 0 fully saturated rings. The molecular formula is C16H22N4O3. The third kappa shape index (κ3) is 4.79. The maximum absolute atomic E-state index is 12.5. The van der Waals surface area contributed by atoms with Gasteiger partial charge in [-0.05, 0) is 32.9 Å². The largest absolute Gasteiger partial charge is 0.490 e. The number of aromatic nitrogens is 3. The monoisotopic (exact) mass is 318 g/mol. The highest BCUT2D eigenvalue weighted by Gasteiger charge is 2.17. The van der Waals surface area contributed by atoms with Gasteiger partial charge in [0, 0.05) is 6.61 Å². The Kier molecular flexibility index (Phi) is 6.10. The van der Waals surface area contributed by atoms with Crippen LogP contribution in [0.25, 0.3) is 0 Å². The summed E-state index contributed by atoms with van der Waals surface area (Å²) in [4.78, 5) is 16.7. The van der Waals surface area contributed by atoms with E-state index in [1.807, 2.05) is 26.8 Å². The predicted octanol–water partition coefficient (Wildman–Crippen LogP) is 2.02. The normalized spacial score (nSPS) is 12.0. The fourth-order valence-electron chi connectivity index (χ4n) is 2.03. The van der Waals surface area contributed by atoms with Gasteiger partial charge < -0.3 is 14.8 Å². The Morgan fingerprint density at radius 2 is 2.13 bits per heavy atom. The van der Waals surface area contributed by atoms with E-state index in [9.17, 15) is 4.79 Å². The lowest BCUT2D eigenvalue weighted by molar-refractivity contribution is 0.0922. The van der Waals surface area contributed by atoms with Crippen molar-refractivity contribution in [2.75, 3.05) is 19.8 Å². The van der Waals surface area contributed by atoms with E-state index in [2.05, 4.69) is 20.5 Å². The van der Waals surface area contributed by atoms with Crippen molar-refractivity contribution >= 4 is 5.91 Å². The van der Waals surface area contributed by atoms with Crippen molar-refractivity contribution in [3.8, 4) is 5.75 Å². The Morgan fingerprint density at radius 3 is 2.83 bits per heavy atom. The molecule has 0 aliphatic heterocycles. The number of para-hydroxylation sites is 1. The van der Waals surface area contributed by atoms with Gasteiger partial charge in [-0.3, -0.25) is 9.89 Å². The number of nitrogens with zero attached hydrogens (tertiary/aromatic N) is 2. The second-order valence-corrected chi connectivity index (χ2v) is 5.02. The van der Waals surface area contributed by atoms with Crippen LogP contribution >= 0.6 is 0 Å². The van der Waals surface area contributed by atoms with Crippen molar-refractivity contribution in [3.05, 3.63) is 41.5 Å². The molecule has 1 unspecified atom stereocenters. The highest BCUT2D eigenvalue weighted by atomic mass is 16.5. The number of aryl methyl sites for hydroxylation is 1. The summed E-state index contributed by atoms with van der Waals surface area (Å²) in [5.41, 5.74) is 0.475. The zero-order chi connectivity index (χ0) is 16.7. The molecule has 0 bridgehead atoms. The highest BCUT2D eigenvalue weighted by Crippen LogP contribution is 2.19. The molecule has 2 aromatic rings. The summed E-state index contributed by atoms with van der Waals surface area (Å²) in [6, 6.07) is 6.81. The number of benzene rings is 1. The number of nitrogens with one attached hydrogen (secondary N) is 2. The van der Waals surface area contributed by atoms with Crippen molar-refractivity contribution in [1.29, 1.82) is 0 Å². The molecule has 1 aromatic heterocycles. The number of ether oxygens (including phenoxy) is 2. The van der Waals surface area contributed by atoms with Crippen molar-refractivity contribution in [1.82, 2.24) is 20.5 Å². The van der Waals surface area contributed by atoms with Crippen molar-refractivity contribution in [3.63, 3.8) is 0 Å². The van der Waals surface area contributed by atoms with Crippen LogP contribution in [-0.4, -0.2) is 40.9 Å². The second-order valence-electron chi connectivity index (χ2n) is 5.02. The number of amides is 1. The molecule has 2 N–H and O–H groups in total. The van der Waals surface area contributed by atoms with Crippen LogP contribution in [0, 0.1) is 6.92 Å². The van der Waals surface area contributed by atoms with Crippen molar-refractivity contribution < 1.29 is 14.3 Å². The molecule has 1 aromatic carbocycles. The molecule has 0 aliphatic carbocycles. The predicted molar refractivity (Wildman–Crippen MR) is 85.4 cm³/mol. The standard InChI is InChI=1S/C16H22N4O3/c1-4-22-9-10-23-14-8-6-5-7-13(14)16(21)17-11(2)15-18-12(3)19-20-15/h5-8,11H,4,9-10H2,1-3H3,(H,17,21)(H,18,19,20). The Hall–Kier alpha value is -2.41. The van der Waals surface area contributed by atoms with Crippen LogP contribution in [0.2, 0.25) is 0 Å². The smallest absolute Gasteiger partial charge is 0.255 e. The van der Waals surface area contributed by atoms with Gasteiger partial charge in [0.1, 0.15) is 18.2 Å². The number of aromatic amines is 1. The number of carbonyl (C=O) groups excluding carboxylic acids is 1. The molecule has 0 saturated carbocycles. The van der Waals surface area contributed by atoms with Gasteiger partial charge >= 0.3 is 0 Å². The lowest BCUT2D eigenvalue weighted by atomic mass is 10.1. The molecule has 2 rings (SSSR count). The van der Waals surface area contributed by atoms with E-state index < -0.39 is 0 Å². The van der Waals surface area contributed by atoms with Gasteiger partial charge in [-0.1, -0.05) is 12.1 Å². The Labute approximate surface area is 135 Å². The molecule has 0 spiro atoms. The van der Waals surface area contributed by atoms with Crippen LogP contribution < -0.4 is 10.1 Å². The summed E-state index contributed by atoms with van der Waals surface area (Å²) in [5.74, 6) is 1.56. The first-order valence-electron chi connectivity index (χ1n) is 7.61. The van der Waals surface area contributed by atoms with Gasteiger partial charge in [0.25, 0.3) is 5.91 Å². The molecule has 0 saturated heterocycles. The molecule has 1 amide bonds. The Balaban J connectivity index is 2.01. The van der Waals surface area contributed by atoms with Gasteiger partial charge in [0.2, 0.25) is 0 Å². The first-order valence-corrected chi connectivity index (χ1v) is 7.61. The van der Waals surface area contributed by atoms with Gasteiger partial charge in [0.15, 0.2) is 5.82 Å². The SMILES string of the molecule is CCOCCOc1ccccc1C(=O)NC(C)c1n[nH]c(C)n1. The average Bonchev–Trinajstić information content (AvgIpc) is 2.98. The van der Waals surface area contributed by atoms with E-state index in [0.29, 0.717) is 42.8 Å². The van der Waals surface area contributed by atoms with Crippen molar-refractivity contribution in [2.24, 2.45) is 0 Å². The fourth-order valence-corrected chi connectivity index (χ4v) is 2.03. The number of rotatable bonds is 8. The van der Waals surface area contributed by atoms with Gasteiger partial charge in [-0.2, -0.15) is 5.10 Å². The molecule has 7 nitrogen and oxygen atoms in total. The van der Waals surface area contributed by atoms with E-state index in [4.69, 9.17) is 9.47 Å². The Morgan fingerprint density at radius 1 is 1.35 bits per heavy atom. The molecule has 0 aliphatic rings. The summed E-state index contributed by atoms with van der Waals surface area (Å²) in [6.07, 6.45) is 0. The quantitative estimate of drug-likeness (QED) is 0.727. The van der Waals surface area contributed by atoms with E-state index >= 15 is 0 Å². The van der Waals surface area contributed by atoms with Crippen LogP contribution in [0.3, 0.4) is 0 Å². The van der Waals surface area contributed by atoms with E-state index in [0.717, 1.165) is 0 Å². The third-order valence-corrected chi connectivity index (χ3v) is 3.17. The number of H-pyrrole nitrogens is 1. The van der Waals surface area contributed by atoms with Gasteiger partial charge in [-0.25, -0.2) is 4.98 Å². The number of hydrogen-bond donors (Lipinski definition) is 2. The molecule has 7 heteroatoms. The summed E-state index contributed by atoms with van der Waals surface area (Å²) in [6.45, 7) is 7.09. The van der Waals surface area contributed by atoms with Crippen LogP contribution in [0.15, 0.2) is 24.3 Å².